The van der Waals surface area contributed by atoms with Crippen molar-refractivity contribution in [2.24, 2.45) is 5.73 Å². The monoisotopic (exact) mass is 473 g/mol. The minimum absolute atomic E-state index is 0.464. The summed E-state index contributed by atoms with van der Waals surface area (Å²) in [6.45, 7) is 11.7. The first-order valence-electron chi connectivity index (χ1n) is 10.9. The molecular weight excluding hydrogens is 438 g/mol. The van der Waals surface area contributed by atoms with Crippen molar-refractivity contribution in [2.45, 2.75) is 78.1 Å². The van der Waals surface area contributed by atoms with Crippen molar-refractivity contribution in [3.63, 3.8) is 0 Å². The van der Waals surface area contributed by atoms with Gasteiger partial charge in [0.15, 0.2) is 0 Å². The number of nitrogens with two attached hydrogens (primary N) is 1. The third-order valence-electron chi connectivity index (χ3n) is 4.37. The van der Waals surface area contributed by atoms with Gasteiger partial charge in [-0.15, -0.1) is 0 Å². The number of hydrogen-bond donors (Lipinski definition) is 3. The number of aryl methyl sites for hydroxylation is 1. The van der Waals surface area contributed by atoms with Crippen molar-refractivity contribution < 1.29 is 23.9 Å². The number of amides is 4. The predicted molar refractivity (Wildman–Crippen MR) is 126 cm³/mol. The molecule has 0 radical (unpaired) electrons. The number of hydrogen-bond acceptors (Lipinski definition) is 6. The Morgan fingerprint density at radius 3 is 2.09 bits per heavy atom. The molecule has 0 aliphatic rings. The Balaban J connectivity index is 3.46. The van der Waals surface area contributed by atoms with Gasteiger partial charge < -0.3 is 26.0 Å². The zero-order chi connectivity index (χ0) is 26.3. The Morgan fingerprint density at radius 1 is 1.09 bits per heavy atom. The van der Waals surface area contributed by atoms with Crippen LogP contribution >= 0.6 is 0 Å². The van der Waals surface area contributed by atoms with E-state index in [-0.39, 0.29) is 0 Å². The molecule has 0 heterocycles. The Bertz CT molecular complexity index is 938. The van der Waals surface area contributed by atoms with Gasteiger partial charge >= 0.3 is 6.09 Å². The van der Waals surface area contributed by atoms with Gasteiger partial charge in [-0.3, -0.25) is 14.4 Å². The molecule has 10 nitrogen and oxygen atoms in total. The van der Waals surface area contributed by atoms with E-state index in [2.05, 4.69) is 10.6 Å². The van der Waals surface area contributed by atoms with Crippen molar-refractivity contribution in [3.05, 3.63) is 35.4 Å². The lowest BCUT2D eigenvalue weighted by Crippen LogP contribution is -2.55. The molecule has 1 aromatic carbocycles. The molecule has 0 spiro atoms. The maximum atomic E-state index is 13.5. The maximum Gasteiger partial charge on any atom is 0.408 e. The van der Waals surface area contributed by atoms with Crippen molar-refractivity contribution in [1.82, 2.24) is 15.5 Å². The van der Waals surface area contributed by atoms with Gasteiger partial charge in [-0.25, -0.2) is 4.79 Å². The van der Waals surface area contributed by atoms with Gasteiger partial charge in [0.25, 0.3) is 0 Å². The fraction of sp³-hybridized carbons (Fsp3) is 0.542. The number of alkyl carbamates (subject to hydrolysis) is 1. The van der Waals surface area contributed by atoms with E-state index in [0.29, 0.717) is 5.56 Å². The van der Waals surface area contributed by atoms with Crippen LogP contribution in [0.4, 0.5) is 4.79 Å². The second kappa shape index (κ2) is 11.5. The van der Waals surface area contributed by atoms with E-state index in [1.165, 1.54) is 0 Å². The van der Waals surface area contributed by atoms with E-state index in [0.717, 1.165) is 10.5 Å². The van der Waals surface area contributed by atoms with Gasteiger partial charge in [0.05, 0.1) is 12.5 Å². The summed E-state index contributed by atoms with van der Waals surface area (Å²) in [6.07, 6.45) is -1.48. The summed E-state index contributed by atoms with van der Waals surface area (Å²) >= 11 is 0. The molecule has 4 N–H and O–H groups in total. The first-order valence-corrected chi connectivity index (χ1v) is 10.9. The zero-order valence-corrected chi connectivity index (χ0v) is 20.9. The Labute approximate surface area is 200 Å². The minimum Gasteiger partial charge on any atom is -0.444 e. The van der Waals surface area contributed by atoms with Crippen molar-refractivity contribution in [3.8, 4) is 6.07 Å². The van der Waals surface area contributed by atoms with Crippen molar-refractivity contribution >= 4 is 23.8 Å². The minimum atomic E-state index is -1.43. The van der Waals surface area contributed by atoms with Gasteiger partial charge in [0.1, 0.15) is 24.2 Å². The van der Waals surface area contributed by atoms with Crippen LogP contribution in [-0.2, 0) is 19.1 Å². The summed E-state index contributed by atoms with van der Waals surface area (Å²) in [4.78, 5) is 51.9. The Morgan fingerprint density at radius 2 is 1.65 bits per heavy atom. The molecule has 0 saturated carbocycles. The van der Waals surface area contributed by atoms with Crippen LogP contribution in [0.1, 0.15) is 65.1 Å². The van der Waals surface area contributed by atoms with Crippen LogP contribution in [0.15, 0.2) is 24.3 Å². The van der Waals surface area contributed by atoms with Crippen LogP contribution in [0.3, 0.4) is 0 Å². The highest BCUT2D eigenvalue weighted by Gasteiger charge is 2.37. The first kappa shape index (κ1) is 28.4. The number of primary amides is 1. The second-order valence-electron chi connectivity index (χ2n) is 10.0. The van der Waals surface area contributed by atoms with Crippen LogP contribution in [0, 0.1) is 18.3 Å². The average Bonchev–Trinajstić information content (AvgIpc) is 2.64. The van der Waals surface area contributed by atoms with Crippen LogP contribution < -0.4 is 16.4 Å². The predicted octanol–water partition coefficient (Wildman–Crippen LogP) is 2.07. The van der Waals surface area contributed by atoms with E-state index >= 15 is 0 Å². The molecule has 10 heteroatoms. The summed E-state index contributed by atoms with van der Waals surface area (Å²) in [5.41, 5.74) is 5.24. The molecule has 2 atom stereocenters. The number of carbonyl (C=O) groups is 4. The lowest BCUT2D eigenvalue weighted by molar-refractivity contribution is -0.143. The van der Waals surface area contributed by atoms with Gasteiger partial charge in [-0.2, -0.15) is 5.26 Å². The average molecular weight is 474 g/mol. The third-order valence-corrected chi connectivity index (χ3v) is 4.37. The van der Waals surface area contributed by atoms with Crippen molar-refractivity contribution in [1.29, 1.82) is 5.26 Å². The molecule has 0 fully saturated rings. The first-order chi connectivity index (χ1) is 15.5. The molecule has 0 saturated heterocycles. The summed E-state index contributed by atoms with van der Waals surface area (Å²) in [5, 5.41) is 14.6. The molecule has 2 unspecified atom stereocenters. The van der Waals surface area contributed by atoms with E-state index in [9.17, 15) is 24.4 Å². The Hall–Kier alpha value is -3.61. The van der Waals surface area contributed by atoms with Gasteiger partial charge in [-0.05, 0) is 54.0 Å². The van der Waals surface area contributed by atoms with Gasteiger partial charge in [0.2, 0.25) is 17.7 Å². The number of nitriles is 1. The number of rotatable bonds is 8. The molecule has 1 aromatic rings. The van der Waals surface area contributed by atoms with E-state index in [4.69, 9.17) is 10.5 Å². The van der Waals surface area contributed by atoms with Crippen LogP contribution in [0.5, 0.6) is 0 Å². The molecule has 34 heavy (non-hydrogen) atoms. The fourth-order valence-electron chi connectivity index (χ4n) is 3.08. The molecule has 0 aromatic heterocycles. The molecule has 0 aliphatic heterocycles. The highest BCUT2D eigenvalue weighted by atomic mass is 16.6. The van der Waals surface area contributed by atoms with Crippen LogP contribution in [-0.4, -0.2) is 52.4 Å². The van der Waals surface area contributed by atoms with E-state index in [1.807, 2.05) is 13.0 Å². The van der Waals surface area contributed by atoms with Crippen LogP contribution in [0.25, 0.3) is 0 Å². The summed E-state index contributed by atoms with van der Waals surface area (Å²) in [7, 11) is 0. The van der Waals surface area contributed by atoms with E-state index in [1.54, 1.807) is 65.8 Å². The SMILES string of the molecule is Cc1ccc(C(C(=O)NC(C)(C)C)N(CC#N)C(=O)C(CC(N)=O)NC(=O)OC(C)(C)C)cc1. The smallest absolute Gasteiger partial charge is 0.408 e. The number of nitrogens with zero attached hydrogens (tertiary/aromatic N) is 2. The maximum absolute atomic E-state index is 13.5. The van der Waals surface area contributed by atoms with Crippen LogP contribution in [0.2, 0.25) is 0 Å². The quantitative estimate of drug-likeness (QED) is 0.491. The summed E-state index contributed by atoms with van der Waals surface area (Å²) in [6, 6.07) is 6.19. The molecule has 4 amide bonds. The van der Waals surface area contributed by atoms with Gasteiger partial charge in [0, 0.05) is 5.54 Å². The number of carbonyl (C=O) groups excluding carboxylic acids is 4. The molecule has 0 aliphatic carbocycles. The highest BCUT2D eigenvalue weighted by molar-refractivity contribution is 5.94. The number of nitrogens with one attached hydrogen (secondary N) is 2. The topological polar surface area (TPSA) is 155 Å². The second-order valence-corrected chi connectivity index (χ2v) is 10.0. The molecule has 186 valence electrons. The van der Waals surface area contributed by atoms with Crippen molar-refractivity contribution in [2.75, 3.05) is 6.54 Å². The van der Waals surface area contributed by atoms with E-state index < -0.39 is 60.0 Å². The summed E-state index contributed by atoms with van der Waals surface area (Å²) in [5.74, 6) is -2.19. The zero-order valence-electron chi connectivity index (χ0n) is 20.9. The normalized spacial score (nSPS) is 13.1. The molecular formula is C24H35N5O5. The number of ether oxygens (including phenoxy) is 1. The third kappa shape index (κ3) is 9.48. The fourth-order valence-corrected chi connectivity index (χ4v) is 3.08. The summed E-state index contributed by atoms with van der Waals surface area (Å²) < 4.78 is 5.19. The lowest BCUT2D eigenvalue weighted by atomic mass is 9.99. The standard InChI is InChI=1S/C24H35N5O5/c1-15-8-10-16(11-9-15)19(20(31)28-23(2,3)4)29(13-12-25)21(32)17(14-18(26)30)27-22(33)34-24(5,6)7/h8-11,17,19H,13-14H2,1-7H3,(H2,26,30)(H,27,33)(H,28,31). The van der Waals surface area contributed by atoms with Gasteiger partial charge in [-0.1, -0.05) is 29.8 Å². The highest BCUT2D eigenvalue weighted by Crippen LogP contribution is 2.24. The largest absolute Gasteiger partial charge is 0.444 e. The number of benzene rings is 1. The Kier molecular flexibility index (Phi) is 9.61. The molecule has 1 rings (SSSR count). The lowest BCUT2D eigenvalue weighted by Gasteiger charge is -2.34. The molecule has 0 bridgehead atoms.